The van der Waals surface area contributed by atoms with Gasteiger partial charge in [-0.15, -0.1) is 23.2 Å². The smallest absolute Gasteiger partial charge is 0.310 e. The van der Waals surface area contributed by atoms with Gasteiger partial charge in [0.25, 0.3) is 0 Å². The van der Waals surface area contributed by atoms with Gasteiger partial charge in [-0.1, -0.05) is 0 Å². The monoisotopic (exact) mass is 298 g/mol. The van der Waals surface area contributed by atoms with E-state index in [1.54, 1.807) is 0 Å². The zero-order valence-electron chi connectivity index (χ0n) is 8.76. The van der Waals surface area contributed by atoms with E-state index in [1.165, 1.54) is 0 Å². The molecule has 0 bridgehead atoms. The van der Waals surface area contributed by atoms with E-state index in [-0.39, 0.29) is 5.82 Å². The summed E-state index contributed by atoms with van der Waals surface area (Å²) in [6.07, 6.45) is -3.48. The van der Waals surface area contributed by atoms with Crippen molar-refractivity contribution >= 4 is 34.9 Å². The number of carbonyl (C=O) groups is 1. The number of carbonyl (C=O) groups excluding carboxylic acids is 1. The Morgan fingerprint density at radius 1 is 1.44 bits per heavy atom. The highest BCUT2D eigenvalue weighted by atomic mass is 35.5. The largest absolute Gasteiger partial charge is 0.417 e. The van der Waals surface area contributed by atoms with E-state index in [2.05, 4.69) is 10.3 Å². The third-order valence-corrected chi connectivity index (χ3v) is 3.32. The summed E-state index contributed by atoms with van der Waals surface area (Å²) >= 11 is 11.4. The first kappa shape index (κ1) is 13.4. The molecule has 98 valence electrons. The Morgan fingerprint density at radius 3 is 2.44 bits per heavy atom. The highest BCUT2D eigenvalue weighted by Crippen LogP contribution is 2.53. The molecule has 0 aromatic carbocycles. The zero-order valence-corrected chi connectivity index (χ0v) is 10.3. The van der Waals surface area contributed by atoms with Crippen LogP contribution in [0.4, 0.5) is 19.0 Å². The molecule has 2 rings (SSSR count). The van der Waals surface area contributed by atoms with Gasteiger partial charge in [0.2, 0.25) is 5.91 Å². The minimum absolute atomic E-state index is 0.0315. The quantitative estimate of drug-likeness (QED) is 0.852. The van der Waals surface area contributed by atoms with Crippen LogP contribution in [0.2, 0.25) is 0 Å². The van der Waals surface area contributed by atoms with E-state index in [0.29, 0.717) is 12.6 Å². The second-order valence-corrected chi connectivity index (χ2v) is 5.48. The number of anilines is 1. The number of hydrogen-bond donors (Lipinski definition) is 1. The number of amides is 1. The van der Waals surface area contributed by atoms with Gasteiger partial charge < -0.3 is 5.32 Å². The second-order valence-electron chi connectivity index (χ2n) is 3.94. The molecule has 1 heterocycles. The fourth-order valence-electron chi connectivity index (χ4n) is 1.35. The normalized spacial score (nSPS) is 21.5. The van der Waals surface area contributed by atoms with Gasteiger partial charge in [0.15, 0.2) is 0 Å². The van der Waals surface area contributed by atoms with Gasteiger partial charge in [-0.2, -0.15) is 13.2 Å². The van der Waals surface area contributed by atoms with Crippen LogP contribution >= 0.6 is 23.2 Å². The molecule has 1 aliphatic carbocycles. The number of alkyl halides is 5. The third kappa shape index (κ3) is 2.87. The summed E-state index contributed by atoms with van der Waals surface area (Å²) in [5.74, 6) is -0.971. The molecule has 0 saturated heterocycles. The van der Waals surface area contributed by atoms with E-state index in [1.807, 2.05) is 0 Å². The summed E-state index contributed by atoms with van der Waals surface area (Å²) in [5.41, 5.74) is -0.879. The first-order valence-corrected chi connectivity index (χ1v) is 5.68. The molecule has 3 nitrogen and oxygen atoms in total. The van der Waals surface area contributed by atoms with Crippen LogP contribution in [0.15, 0.2) is 18.3 Å². The highest BCUT2D eigenvalue weighted by molar-refractivity contribution is 6.52. The number of hydrogen-bond acceptors (Lipinski definition) is 2. The zero-order chi connectivity index (χ0) is 13.6. The van der Waals surface area contributed by atoms with E-state index in [0.717, 1.165) is 12.1 Å². The third-order valence-electron chi connectivity index (χ3n) is 2.48. The van der Waals surface area contributed by atoms with Crippen molar-refractivity contribution < 1.29 is 18.0 Å². The molecule has 1 aliphatic rings. The van der Waals surface area contributed by atoms with Gasteiger partial charge in [0.1, 0.15) is 10.2 Å². The van der Waals surface area contributed by atoms with Crippen LogP contribution in [0.1, 0.15) is 12.0 Å². The molecule has 0 aliphatic heterocycles. The van der Waals surface area contributed by atoms with E-state index >= 15 is 0 Å². The van der Waals surface area contributed by atoms with Crippen LogP contribution in [0.5, 0.6) is 0 Å². The summed E-state index contributed by atoms with van der Waals surface area (Å²) in [6.45, 7) is 0. The maximum atomic E-state index is 12.3. The molecule has 1 unspecified atom stereocenters. The van der Waals surface area contributed by atoms with E-state index < -0.39 is 27.9 Å². The van der Waals surface area contributed by atoms with Crippen LogP contribution in [0, 0.1) is 5.92 Å². The van der Waals surface area contributed by atoms with Crippen molar-refractivity contribution in [1.29, 1.82) is 0 Å². The van der Waals surface area contributed by atoms with Crippen LogP contribution in [0.25, 0.3) is 0 Å². The Bertz CT molecular complexity index is 473. The first-order valence-electron chi connectivity index (χ1n) is 4.92. The standard InChI is InChI=1S/C10H7Cl2F3N2O/c11-9(12)3-6(9)8(18)17-7-2-1-5(4-16-7)10(13,14)15/h1-2,4,6H,3H2,(H,16,17,18). The topological polar surface area (TPSA) is 42.0 Å². The Morgan fingerprint density at radius 2 is 2.06 bits per heavy atom. The summed E-state index contributed by atoms with van der Waals surface area (Å²) < 4.78 is 35.7. The van der Waals surface area contributed by atoms with Crippen LogP contribution < -0.4 is 5.32 Å². The average Bonchev–Trinajstić information content (AvgIpc) is 2.87. The maximum Gasteiger partial charge on any atom is 0.417 e. The minimum atomic E-state index is -4.45. The lowest BCUT2D eigenvalue weighted by atomic mass is 10.3. The maximum absolute atomic E-state index is 12.3. The molecule has 0 radical (unpaired) electrons. The van der Waals surface area contributed by atoms with Crippen LogP contribution in [-0.2, 0) is 11.0 Å². The Hall–Kier alpha value is -1.01. The molecule has 1 N–H and O–H groups in total. The molecule has 0 spiro atoms. The molecule has 1 aromatic rings. The van der Waals surface area contributed by atoms with Gasteiger partial charge >= 0.3 is 6.18 Å². The summed E-state index contributed by atoms with van der Waals surface area (Å²) in [6, 6.07) is 1.91. The number of nitrogens with one attached hydrogen (secondary N) is 1. The number of nitrogens with zero attached hydrogens (tertiary/aromatic N) is 1. The van der Waals surface area contributed by atoms with Gasteiger partial charge in [-0.05, 0) is 18.6 Å². The van der Waals surface area contributed by atoms with E-state index in [9.17, 15) is 18.0 Å². The average molecular weight is 299 g/mol. The van der Waals surface area contributed by atoms with Crippen molar-refractivity contribution in [3.8, 4) is 0 Å². The summed E-state index contributed by atoms with van der Waals surface area (Å²) in [7, 11) is 0. The first-order chi connectivity index (χ1) is 8.20. The molecule has 1 fully saturated rings. The number of halogens is 5. The molecule has 1 amide bonds. The predicted octanol–water partition coefficient (Wildman–Crippen LogP) is 3.23. The van der Waals surface area contributed by atoms with Crippen molar-refractivity contribution in [3.05, 3.63) is 23.9 Å². The van der Waals surface area contributed by atoms with Crippen molar-refractivity contribution in [2.75, 3.05) is 5.32 Å². The molecule has 8 heteroatoms. The van der Waals surface area contributed by atoms with Crippen molar-refractivity contribution in [1.82, 2.24) is 4.98 Å². The molecule has 18 heavy (non-hydrogen) atoms. The molecular weight excluding hydrogens is 292 g/mol. The van der Waals surface area contributed by atoms with Crippen molar-refractivity contribution in [3.63, 3.8) is 0 Å². The number of rotatable bonds is 2. The van der Waals surface area contributed by atoms with Gasteiger partial charge in [-0.3, -0.25) is 4.79 Å². The van der Waals surface area contributed by atoms with E-state index in [4.69, 9.17) is 23.2 Å². The van der Waals surface area contributed by atoms with Crippen LogP contribution in [0.3, 0.4) is 0 Å². The Balaban J connectivity index is 2.01. The Labute approximate surface area is 110 Å². The Kier molecular flexibility index (Phi) is 3.19. The fourth-order valence-corrected chi connectivity index (χ4v) is 1.85. The predicted molar refractivity (Wildman–Crippen MR) is 60.4 cm³/mol. The fraction of sp³-hybridized carbons (Fsp3) is 0.400. The number of pyridine rings is 1. The lowest BCUT2D eigenvalue weighted by Gasteiger charge is -2.07. The SMILES string of the molecule is O=C(Nc1ccc(C(F)(F)F)cn1)C1CC1(Cl)Cl. The minimum Gasteiger partial charge on any atom is -0.310 e. The summed E-state index contributed by atoms with van der Waals surface area (Å²) in [5, 5.41) is 2.35. The van der Waals surface area contributed by atoms with Gasteiger partial charge in [-0.25, -0.2) is 4.98 Å². The molecule has 1 aromatic heterocycles. The lowest BCUT2D eigenvalue weighted by molar-refractivity contribution is -0.137. The van der Waals surface area contributed by atoms with Crippen LogP contribution in [-0.4, -0.2) is 15.2 Å². The lowest BCUT2D eigenvalue weighted by Crippen LogP contribution is -2.18. The molecular formula is C10H7Cl2F3N2O. The van der Waals surface area contributed by atoms with Gasteiger partial charge in [0, 0.05) is 6.20 Å². The highest BCUT2D eigenvalue weighted by Gasteiger charge is 2.56. The summed E-state index contributed by atoms with van der Waals surface area (Å²) in [4.78, 5) is 15.0. The second kappa shape index (κ2) is 4.28. The van der Waals surface area contributed by atoms with Gasteiger partial charge in [0.05, 0.1) is 11.5 Å². The molecule has 1 saturated carbocycles. The molecule has 1 atom stereocenters. The number of aromatic nitrogens is 1. The van der Waals surface area contributed by atoms with Crippen molar-refractivity contribution in [2.24, 2.45) is 5.92 Å². The van der Waals surface area contributed by atoms with Crippen molar-refractivity contribution in [2.45, 2.75) is 16.9 Å².